The van der Waals surface area contributed by atoms with E-state index in [1.807, 2.05) is 48.5 Å². The van der Waals surface area contributed by atoms with Crippen LogP contribution in [0.15, 0.2) is 48.5 Å². The molecule has 0 bridgehead atoms. The highest BCUT2D eigenvalue weighted by Gasteiger charge is 2.07. The Morgan fingerprint density at radius 1 is 1.00 bits per heavy atom. The molecule has 112 valence electrons. The van der Waals surface area contributed by atoms with Crippen LogP contribution in [-0.2, 0) is 0 Å². The van der Waals surface area contributed by atoms with Gasteiger partial charge >= 0.3 is 0 Å². The van der Waals surface area contributed by atoms with Crippen molar-refractivity contribution in [3.05, 3.63) is 54.1 Å². The van der Waals surface area contributed by atoms with Gasteiger partial charge in [-0.1, -0.05) is 43.3 Å². The van der Waals surface area contributed by atoms with Gasteiger partial charge in [-0.05, 0) is 41.8 Å². The van der Waals surface area contributed by atoms with Crippen LogP contribution >= 0.6 is 0 Å². The lowest BCUT2D eigenvalue weighted by molar-refractivity contribution is 0.175. The van der Waals surface area contributed by atoms with Gasteiger partial charge in [-0.15, -0.1) is 0 Å². The fourth-order valence-electron chi connectivity index (χ4n) is 2.21. The molecule has 1 unspecified atom stereocenters. The molecule has 0 radical (unpaired) electrons. The molecule has 0 aliphatic heterocycles. The topological polar surface area (TPSA) is 41.5 Å². The number of methoxy groups -OCH3 is 1. The van der Waals surface area contributed by atoms with E-state index in [-0.39, 0.29) is 0 Å². The summed E-state index contributed by atoms with van der Waals surface area (Å²) in [7, 11) is 1.66. The summed E-state index contributed by atoms with van der Waals surface area (Å²) in [5.74, 6) is 0.854. The Hall–Kier alpha value is -1.84. The second-order valence-electron chi connectivity index (χ2n) is 5.07. The largest absolute Gasteiger partial charge is 0.497 e. The predicted molar refractivity (Wildman–Crippen MR) is 86.6 cm³/mol. The molecule has 0 saturated carbocycles. The zero-order valence-corrected chi connectivity index (χ0v) is 12.7. The van der Waals surface area contributed by atoms with E-state index in [1.165, 1.54) is 0 Å². The third-order valence-corrected chi connectivity index (χ3v) is 3.48. The molecular formula is C18H23NO2. The van der Waals surface area contributed by atoms with Gasteiger partial charge in [-0.3, -0.25) is 0 Å². The number of hydrogen-bond donors (Lipinski definition) is 2. The summed E-state index contributed by atoms with van der Waals surface area (Å²) in [6.07, 6.45) is 0.616. The van der Waals surface area contributed by atoms with Gasteiger partial charge in [0, 0.05) is 6.54 Å². The van der Waals surface area contributed by atoms with E-state index in [4.69, 9.17) is 4.74 Å². The zero-order valence-electron chi connectivity index (χ0n) is 12.7. The van der Waals surface area contributed by atoms with Crippen LogP contribution < -0.4 is 10.1 Å². The van der Waals surface area contributed by atoms with Crippen molar-refractivity contribution < 1.29 is 9.84 Å². The number of rotatable bonds is 7. The lowest BCUT2D eigenvalue weighted by Gasteiger charge is -2.12. The molecule has 2 N–H and O–H groups in total. The quantitative estimate of drug-likeness (QED) is 0.766. The zero-order chi connectivity index (χ0) is 15.1. The smallest absolute Gasteiger partial charge is 0.118 e. The van der Waals surface area contributed by atoms with Crippen LogP contribution in [0.1, 0.15) is 25.0 Å². The van der Waals surface area contributed by atoms with Crippen LogP contribution in [0, 0.1) is 0 Å². The van der Waals surface area contributed by atoms with Gasteiger partial charge < -0.3 is 15.2 Å². The monoisotopic (exact) mass is 285 g/mol. The molecule has 21 heavy (non-hydrogen) atoms. The van der Waals surface area contributed by atoms with Gasteiger partial charge in [0.25, 0.3) is 0 Å². The molecule has 0 aromatic heterocycles. The van der Waals surface area contributed by atoms with Crippen LogP contribution in [0.5, 0.6) is 5.75 Å². The maximum absolute atomic E-state index is 10.1. The van der Waals surface area contributed by atoms with E-state index >= 15 is 0 Å². The van der Waals surface area contributed by atoms with Gasteiger partial charge in [0.05, 0.1) is 13.2 Å². The number of hydrogen-bond acceptors (Lipinski definition) is 3. The first-order chi connectivity index (χ1) is 10.2. The Labute approximate surface area is 126 Å². The van der Waals surface area contributed by atoms with E-state index in [9.17, 15) is 5.11 Å². The molecule has 0 fully saturated rings. The molecule has 2 rings (SSSR count). The Morgan fingerprint density at radius 3 is 2.10 bits per heavy atom. The average Bonchev–Trinajstić information content (AvgIpc) is 2.55. The van der Waals surface area contributed by atoms with Crippen molar-refractivity contribution >= 4 is 0 Å². The molecule has 2 aromatic carbocycles. The van der Waals surface area contributed by atoms with Gasteiger partial charge in [0.2, 0.25) is 0 Å². The van der Waals surface area contributed by atoms with Crippen molar-refractivity contribution in [2.24, 2.45) is 0 Å². The molecular weight excluding hydrogens is 262 g/mol. The number of benzene rings is 2. The van der Waals surface area contributed by atoms with Gasteiger partial charge in [0.1, 0.15) is 5.75 Å². The van der Waals surface area contributed by atoms with Crippen LogP contribution in [0.4, 0.5) is 0 Å². The van der Waals surface area contributed by atoms with Gasteiger partial charge in [-0.2, -0.15) is 0 Å². The first-order valence-corrected chi connectivity index (χ1v) is 7.37. The Morgan fingerprint density at radius 2 is 1.57 bits per heavy atom. The number of aliphatic hydroxyl groups is 1. The fraction of sp³-hybridized carbons (Fsp3) is 0.333. The van der Waals surface area contributed by atoms with Crippen molar-refractivity contribution in [1.82, 2.24) is 5.32 Å². The van der Waals surface area contributed by atoms with Crippen LogP contribution in [-0.4, -0.2) is 25.3 Å². The molecule has 2 aromatic rings. The maximum Gasteiger partial charge on any atom is 0.118 e. The van der Waals surface area contributed by atoms with E-state index in [2.05, 4.69) is 12.2 Å². The molecule has 0 amide bonds. The summed E-state index contributed by atoms with van der Waals surface area (Å²) >= 11 is 0. The van der Waals surface area contributed by atoms with E-state index in [0.29, 0.717) is 6.54 Å². The SMILES string of the molecule is CCCNCC(O)c1ccc(-c2ccc(OC)cc2)cc1. The summed E-state index contributed by atoms with van der Waals surface area (Å²) < 4.78 is 5.16. The van der Waals surface area contributed by atoms with Crippen molar-refractivity contribution in [3.8, 4) is 16.9 Å². The normalized spacial score (nSPS) is 12.1. The second kappa shape index (κ2) is 7.81. The van der Waals surface area contributed by atoms with Crippen molar-refractivity contribution in [1.29, 1.82) is 0 Å². The Kier molecular flexibility index (Phi) is 5.78. The van der Waals surface area contributed by atoms with Crippen molar-refractivity contribution in [2.45, 2.75) is 19.4 Å². The molecule has 3 heteroatoms. The average molecular weight is 285 g/mol. The van der Waals surface area contributed by atoms with E-state index < -0.39 is 6.10 Å². The highest BCUT2D eigenvalue weighted by molar-refractivity contribution is 5.64. The lowest BCUT2D eigenvalue weighted by atomic mass is 10.0. The lowest BCUT2D eigenvalue weighted by Crippen LogP contribution is -2.22. The molecule has 0 heterocycles. The summed E-state index contributed by atoms with van der Waals surface area (Å²) in [5, 5.41) is 13.3. The Bertz CT molecular complexity index is 534. The highest BCUT2D eigenvalue weighted by Crippen LogP contribution is 2.24. The third-order valence-electron chi connectivity index (χ3n) is 3.48. The first kappa shape index (κ1) is 15.5. The second-order valence-corrected chi connectivity index (χ2v) is 5.07. The van der Waals surface area contributed by atoms with Crippen LogP contribution in [0.3, 0.4) is 0 Å². The predicted octanol–water partition coefficient (Wildman–Crippen LogP) is 3.40. The van der Waals surface area contributed by atoms with Crippen LogP contribution in [0.2, 0.25) is 0 Å². The summed E-state index contributed by atoms with van der Waals surface area (Å²) in [6.45, 7) is 3.64. The Balaban J connectivity index is 2.03. The molecule has 0 aliphatic rings. The van der Waals surface area contributed by atoms with Gasteiger partial charge in [0.15, 0.2) is 0 Å². The molecule has 0 spiro atoms. The fourth-order valence-corrected chi connectivity index (χ4v) is 2.21. The van der Waals surface area contributed by atoms with E-state index in [1.54, 1.807) is 7.11 Å². The maximum atomic E-state index is 10.1. The number of aliphatic hydroxyl groups excluding tert-OH is 1. The molecule has 0 aliphatic carbocycles. The summed E-state index contributed by atoms with van der Waals surface area (Å²) in [5.41, 5.74) is 3.21. The minimum absolute atomic E-state index is 0.457. The minimum atomic E-state index is -0.457. The van der Waals surface area contributed by atoms with E-state index in [0.717, 1.165) is 35.4 Å². The number of nitrogens with one attached hydrogen (secondary N) is 1. The van der Waals surface area contributed by atoms with Crippen LogP contribution in [0.25, 0.3) is 11.1 Å². The molecule has 0 saturated heterocycles. The molecule has 3 nitrogen and oxygen atoms in total. The third kappa shape index (κ3) is 4.31. The molecule has 1 atom stereocenters. The standard InChI is InChI=1S/C18H23NO2/c1-3-12-19-13-18(20)16-6-4-14(5-7-16)15-8-10-17(21-2)11-9-15/h4-11,18-20H,3,12-13H2,1-2H3. The number of ether oxygens (including phenoxy) is 1. The van der Waals surface area contributed by atoms with Crippen molar-refractivity contribution in [3.63, 3.8) is 0 Å². The van der Waals surface area contributed by atoms with Gasteiger partial charge in [-0.25, -0.2) is 0 Å². The first-order valence-electron chi connectivity index (χ1n) is 7.37. The van der Waals surface area contributed by atoms with Crippen molar-refractivity contribution in [2.75, 3.05) is 20.2 Å². The summed E-state index contributed by atoms with van der Waals surface area (Å²) in [4.78, 5) is 0. The minimum Gasteiger partial charge on any atom is -0.497 e. The highest BCUT2D eigenvalue weighted by atomic mass is 16.5. The summed E-state index contributed by atoms with van der Waals surface area (Å²) in [6, 6.07) is 16.0.